The van der Waals surface area contributed by atoms with Crippen LogP contribution in [0.25, 0.3) is 0 Å². The number of ether oxygens (including phenoxy) is 1. The van der Waals surface area contributed by atoms with Crippen molar-refractivity contribution in [2.75, 3.05) is 13.2 Å². The molecule has 0 heterocycles. The lowest BCUT2D eigenvalue weighted by atomic mass is 10.0. The average Bonchev–Trinajstić information content (AvgIpc) is 2.55. The molecule has 2 N–H and O–H groups in total. The summed E-state index contributed by atoms with van der Waals surface area (Å²) in [5.41, 5.74) is 3.67. The molecular formula is C20H27NO2. The normalized spacial score (nSPS) is 13.6. The van der Waals surface area contributed by atoms with Gasteiger partial charge in [-0.15, -0.1) is 0 Å². The van der Waals surface area contributed by atoms with E-state index in [0.29, 0.717) is 13.2 Å². The van der Waals surface area contributed by atoms with E-state index in [1.165, 1.54) is 11.1 Å². The van der Waals surface area contributed by atoms with Crippen LogP contribution in [-0.2, 0) is 0 Å². The smallest absolute Gasteiger partial charge is 0.119 e. The molecule has 3 nitrogen and oxygen atoms in total. The first-order valence-electron chi connectivity index (χ1n) is 8.26. The molecule has 0 bridgehead atoms. The molecular weight excluding hydrogens is 286 g/mol. The number of nitrogens with one attached hydrogen (secondary N) is 1. The van der Waals surface area contributed by atoms with E-state index in [0.717, 1.165) is 17.7 Å². The van der Waals surface area contributed by atoms with Gasteiger partial charge in [-0.2, -0.15) is 0 Å². The first kappa shape index (κ1) is 17.5. The summed E-state index contributed by atoms with van der Waals surface area (Å²) in [5.74, 6) is 0.801. The molecule has 3 heteroatoms. The maximum Gasteiger partial charge on any atom is 0.119 e. The Kier molecular flexibility index (Phi) is 6.63. The average molecular weight is 313 g/mol. The van der Waals surface area contributed by atoms with Crippen molar-refractivity contribution >= 4 is 0 Å². The van der Waals surface area contributed by atoms with E-state index in [1.807, 2.05) is 31.2 Å². The van der Waals surface area contributed by atoms with Crippen LogP contribution >= 0.6 is 0 Å². The molecule has 0 amide bonds. The minimum absolute atomic E-state index is 0.254. The highest BCUT2D eigenvalue weighted by Crippen LogP contribution is 2.17. The maximum absolute atomic E-state index is 10.1. The van der Waals surface area contributed by atoms with Gasteiger partial charge in [-0.25, -0.2) is 0 Å². The summed E-state index contributed by atoms with van der Waals surface area (Å²) in [7, 11) is 0. The fourth-order valence-corrected chi connectivity index (χ4v) is 2.53. The van der Waals surface area contributed by atoms with E-state index in [2.05, 4.69) is 43.4 Å². The van der Waals surface area contributed by atoms with Crippen LogP contribution in [0.2, 0.25) is 0 Å². The summed E-state index contributed by atoms with van der Waals surface area (Å²) >= 11 is 0. The minimum atomic E-state index is -0.532. The van der Waals surface area contributed by atoms with Crippen molar-refractivity contribution in [3.05, 3.63) is 65.2 Å². The molecule has 0 spiro atoms. The molecule has 0 aliphatic heterocycles. The number of benzene rings is 2. The van der Waals surface area contributed by atoms with Crippen LogP contribution in [0.5, 0.6) is 5.75 Å². The predicted octanol–water partition coefficient (Wildman–Crippen LogP) is 3.78. The van der Waals surface area contributed by atoms with Gasteiger partial charge < -0.3 is 15.2 Å². The Hall–Kier alpha value is -1.84. The zero-order chi connectivity index (χ0) is 16.7. The van der Waals surface area contributed by atoms with Gasteiger partial charge in [-0.1, -0.05) is 48.9 Å². The summed E-state index contributed by atoms with van der Waals surface area (Å²) < 4.78 is 5.65. The standard InChI is InChI=1S/C20H27NO2/c1-4-20(17-10-8-15(2)9-11-17)21-13-18(22)14-23-19-7-5-6-16(3)12-19/h5-12,18,20-22H,4,13-14H2,1-3H3. The zero-order valence-corrected chi connectivity index (χ0v) is 14.3. The summed E-state index contributed by atoms with van der Waals surface area (Å²) in [5, 5.41) is 13.6. The molecule has 0 aromatic heterocycles. The third kappa shape index (κ3) is 5.70. The quantitative estimate of drug-likeness (QED) is 0.779. The highest BCUT2D eigenvalue weighted by molar-refractivity contribution is 5.27. The number of aliphatic hydroxyl groups is 1. The zero-order valence-electron chi connectivity index (χ0n) is 14.3. The van der Waals surface area contributed by atoms with Gasteiger partial charge in [0, 0.05) is 12.6 Å². The molecule has 23 heavy (non-hydrogen) atoms. The van der Waals surface area contributed by atoms with E-state index >= 15 is 0 Å². The van der Waals surface area contributed by atoms with Crippen LogP contribution in [0.1, 0.15) is 36.1 Å². The van der Waals surface area contributed by atoms with E-state index in [9.17, 15) is 5.11 Å². The molecule has 2 atom stereocenters. The maximum atomic E-state index is 10.1. The number of aliphatic hydroxyl groups excluding tert-OH is 1. The molecule has 0 aliphatic carbocycles. The molecule has 0 saturated heterocycles. The number of aryl methyl sites for hydroxylation is 2. The topological polar surface area (TPSA) is 41.5 Å². The minimum Gasteiger partial charge on any atom is -0.491 e. The van der Waals surface area contributed by atoms with Crippen LogP contribution in [0.15, 0.2) is 48.5 Å². The molecule has 0 radical (unpaired) electrons. The van der Waals surface area contributed by atoms with Crippen molar-refractivity contribution in [2.24, 2.45) is 0 Å². The van der Waals surface area contributed by atoms with Crippen LogP contribution in [0, 0.1) is 13.8 Å². The third-order valence-electron chi connectivity index (χ3n) is 3.92. The Morgan fingerprint density at radius 3 is 2.43 bits per heavy atom. The first-order valence-corrected chi connectivity index (χ1v) is 8.26. The molecule has 2 unspecified atom stereocenters. The van der Waals surface area contributed by atoms with Gasteiger partial charge >= 0.3 is 0 Å². The molecule has 0 fully saturated rings. The highest BCUT2D eigenvalue weighted by atomic mass is 16.5. The Morgan fingerprint density at radius 2 is 1.78 bits per heavy atom. The second-order valence-corrected chi connectivity index (χ2v) is 6.06. The van der Waals surface area contributed by atoms with E-state index in [4.69, 9.17) is 4.74 Å². The molecule has 2 rings (SSSR count). The van der Waals surface area contributed by atoms with Crippen LogP contribution in [0.4, 0.5) is 0 Å². The van der Waals surface area contributed by atoms with Crippen LogP contribution in [0.3, 0.4) is 0 Å². The van der Waals surface area contributed by atoms with Gasteiger partial charge in [0.05, 0.1) is 0 Å². The molecule has 0 aliphatic rings. The summed E-state index contributed by atoms with van der Waals surface area (Å²) in [4.78, 5) is 0. The van der Waals surface area contributed by atoms with Gasteiger partial charge in [0.2, 0.25) is 0 Å². The third-order valence-corrected chi connectivity index (χ3v) is 3.92. The van der Waals surface area contributed by atoms with Crippen molar-refractivity contribution in [2.45, 2.75) is 39.3 Å². The van der Waals surface area contributed by atoms with E-state index in [-0.39, 0.29) is 6.04 Å². The Bertz CT molecular complexity index is 595. The van der Waals surface area contributed by atoms with Crippen LogP contribution < -0.4 is 10.1 Å². The lowest BCUT2D eigenvalue weighted by Gasteiger charge is -2.20. The lowest BCUT2D eigenvalue weighted by Crippen LogP contribution is -2.33. The monoisotopic (exact) mass is 313 g/mol. The number of rotatable bonds is 8. The molecule has 0 saturated carbocycles. The largest absolute Gasteiger partial charge is 0.491 e. The SMILES string of the molecule is CCC(NCC(O)COc1cccc(C)c1)c1ccc(C)cc1. The van der Waals surface area contributed by atoms with Gasteiger partial charge in [0.15, 0.2) is 0 Å². The second kappa shape index (κ2) is 8.70. The first-order chi connectivity index (χ1) is 11.1. The summed E-state index contributed by atoms with van der Waals surface area (Å²) in [6.45, 7) is 7.06. The van der Waals surface area contributed by atoms with Crippen molar-refractivity contribution in [1.82, 2.24) is 5.32 Å². The van der Waals surface area contributed by atoms with Gasteiger partial charge in [0.25, 0.3) is 0 Å². The summed E-state index contributed by atoms with van der Waals surface area (Å²) in [6, 6.07) is 16.7. The molecule has 2 aromatic carbocycles. The highest BCUT2D eigenvalue weighted by Gasteiger charge is 2.12. The Morgan fingerprint density at radius 1 is 1.04 bits per heavy atom. The molecule has 124 valence electrons. The van der Waals surface area contributed by atoms with Gasteiger partial charge in [0.1, 0.15) is 18.5 Å². The predicted molar refractivity (Wildman–Crippen MR) is 94.9 cm³/mol. The van der Waals surface area contributed by atoms with E-state index in [1.54, 1.807) is 0 Å². The fourth-order valence-electron chi connectivity index (χ4n) is 2.53. The number of hydrogen-bond donors (Lipinski definition) is 2. The van der Waals surface area contributed by atoms with Crippen molar-refractivity contribution in [3.8, 4) is 5.75 Å². The van der Waals surface area contributed by atoms with E-state index < -0.39 is 6.10 Å². The number of hydrogen-bond acceptors (Lipinski definition) is 3. The van der Waals surface area contributed by atoms with Crippen molar-refractivity contribution in [1.29, 1.82) is 0 Å². The second-order valence-electron chi connectivity index (χ2n) is 6.06. The Labute approximate surface area is 139 Å². The van der Waals surface area contributed by atoms with Crippen molar-refractivity contribution < 1.29 is 9.84 Å². The fraction of sp³-hybridized carbons (Fsp3) is 0.400. The Balaban J connectivity index is 1.80. The molecule has 2 aromatic rings. The van der Waals surface area contributed by atoms with Gasteiger partial charge in [-0.05, 0) is 43.5 Å². The lowest BCUT2D eigenvalue weighted by molar-refractivity contribution is 0.103. The van der Waals surface area contributed by atoms with Gasteiger partial charge in [-0.3, -0.25) is 0 Å². The van der Waals surface area contributed by atoms with Crippen molar-refractivity contribution in [3.63, 3.8) is 0 Å². The summed E-state index contributed by atoms with van der Waals surface area (Å²) in [6.07, 6.45) is 0.448. The van der Waals surface area contributed by atoms with Crippen LogP contribution in [-0.4, -0.2) is 24.4 Å².